The third-order valence-corrected chi connectivity index (χ3v) is 6.97. The average molecular weight is 433 g/mol. The monoisotopic (exact) mass is 432 g/mol. The second-order valence-electron chi connectivity index (χ2n) is 9.50. The maximum atomic E-state index is 5.59. The highest BCUT2D eigenvalue weighted by atomic mass is 16.5. The molecule has 0 radical (unpaired) electrons. The van der Waals surface area contributed by atoms with Gasteiger partial charge in [0.15, 0.2) is 11.4 Å². The second kappa shape index (κ2) is 8.20. The van der Waals surface area contributed by atoms with Gasteiger partial charge in [0, 0.05) is 35.0 Å². The molecule has 5 rings (SSSR count). The first-order chi connectivity index (χ1) is 15.5. The highest BCUT2D eigenvalue weighted by Crippen LogP contribution is 2.39. The number of nitrogens with one attached hydrogen (secondary N) is 1. The van der Waals surface area contributed by atoms with Gasteiger partial charge in [-0.1, -0.05) is 13.8 Å². The summed E-state index contributed by atoms with van der Waals surface area (Å²) >= 11 is 0. The minimum absolute atomic E-state index is 0.323. The quantitative estimate of drug-likeness (QED) is 0.481. The van der Waals surface area contributed by atoms with Gasteiger partial charge in [0.25, 0.3) is 0 Å². The van der Waals surface area contributed by atoms with Crippen molar-refractivity contribution < 1.29 is 4.74 Å². The van der Waals surface area contributed by atoms with Crippen LogP contribution in [0.15, 0.2) is 30.7 Å². The highest BCUT2D eigenvalue weighted by molar-refractivity contribution is 5.89. The number of hydrogen-bond acceptors (Lipinski definition) is 5. The van der Waals surface area contributed by atoms with Crippen molar-refractivity contribution in [2.24, 2.45) is 0 Å². The first kappa shape index (κ1) is 20.9. The number of aromatic nitrogens is 5. The number of ether oxygens (including phenoxy) is 1. The van der Waals surface area contributed by atoms with Crippen LogP contribution in [-0.2, 0) is 0 Å². The topological polar surface area (TPSA) is 71.3 Å². The van der Waals surface area contributed by atoms with Crippen LogP contribution < -0.4 is 4.74 Å². The van der Waals surface area contributed by atoms with E-state index in [9.17, 15) is 0 Å². The molecule has 7 nitrogen and oxygen atoms in total. The number of rotatable bonds is 5. The molecule has 4 aromatic heterocycles. The van der Waals surface area contributed by atoms with Crippen molar-refractivity contribution >= 4 is 16.7 Å². The molecule has 168 valence electrons. The van der Waals surface area contributed by atoms with E-state index >= 15 is 0 Å². The van der Waals surface area contributed by atoms with Crippen LogP contribution in [0.4, 0.5) is 0 Å². The van der Waals surface area contributed by atoms with Crippen molar-refractivity contribution in [2.75, 3.05) is 21.2 Å². The maximum absolute atomic E-state index is 5.59. The standard InChI is InChI=1S/C25H32N6O/c1-15(2)22-23(17-12-21(32-5)25-26-14-27-31(25)13-17)29-20-11-10-19(28-24(20)22)16-6-8-18(9-7-16)30(3)4/h10-16,18,29H,6-9H2,1-5H3. The second-order valence-corrected chi connectivity index (χ2v) is 9.50. The minimum atomic E-state index is 0.323. The predicted molar refractivity (Wildman–Crippen MR) is 127 cm³/mol. The molecule has 0 atom stereocenters. The fourth-order valence-corrected chi connectivity index (χ4v) is 5.19. The SMILES string of the molecule is COc1cc(-c2[nH]c3ccc(C4CCC(N(C)C)CC4)nc3c2C(C)C)cn2ncnc12. The molecule has 1 aliphatic rings. The van der Waals surface area contributed by atoms with Crippen molar-refractivity contribution in [1.29, 1.82) is 0 Å². The lowest BCUT2D eigenvalue weighted by Crippen LogP contribution is -2.31. The van der Waals surface area contributed by atoms with Gasteiger partial charge in [-0.25, -0.2) is 9.50 Å². The summed E-state index contributed by atoms with van der Waals surface area (Å²) in [7, 11) is 6.05. The van der Waals surface area contributed by atoms with Crippen LogP contribution in [0.5, 0.6) is 5.75 Å². The molecule has 0 unspecified atom stereocenters. The Bertz CT molecular complexity index is 1250. The third kappa shape index (κ3) is 3.54. The normalized spacial score (nSPS) is 19.5. The summed E-state index contributed by atoms with van der Waals surface area (Å²) < 4.78 is 7.36. The van der Waals surface area contributed by atoms with Crippen molar-refractivity contribution in [2.45, 2.75) is 57.4 Å². The summed E-state index contributed by atoms with van der Waals surface area (Å²) in [6.07, 6.45) is 8.45. The fraction of sp³-hybridized carbons (Fsp3) is 0.480. The molecule has 0 bridgehead atoms. The predicted octanol–water partition coefficient (Wildman–Crippen LogP) is 4.99. The Morgan fingerprint density at radius 3 is 2.62 bits per heavy atom. The van der Waals surface area contributed by atoms with E-state index in [0.29, 0.717) is 29.3 Å². The van der Waals surface area contributed by atoms with E-state index in [4.69, 9.17) is 9.72 Å². The van der Waals surface area contributed by atoms with Gasteiger partial charge >= 0.3 is 0 Å². The maximum Gasteiger partial charge on any atom is 0.197 e. The Labute approximate surface area is 188 Å². The number of nitrogens with zero attached hydrogens (tertiary/aromatic N) is 5. The molecule has 1 saturated carbocycles. The van der Waals surface area contributed by atoms with Gasteiger partial charge in [-0.2, -0.15) is 5.10 Å². The molecule has 0 amide bonds. The Hall–Kier alpha value is -2.93. The van der Waals surface area contributed by atoms with Gasteiger partial charge < -0.3 is 14.6 Å². The van der Waals surface area contributed by atoms with Crippen molar-refractivity contribution in [3.05, 3.63) is 42.0 Å². The third-order valence-electron chi connectivity index (χ3n) is 6.97. The highest BCUT2D eigenvalue weighted by Gasteiger charge is 2.26. The number of hydrogen-bond donors (Lipinski definition) is 1. The van der Waals surface area contributed by atoms with Crippen LogP contribution in [0.3, 0.4) is 0 Å². The van der Waals surface area contributed by atoms with Crippen LogP contribution >= 0.6 is 0 Å². The molecular weight excluding hydrogens is 400 g/mol. The molecule has 1 fully saturated rings. The van der Waals surface area contributed by atoms with Crippen molar-refractivity contribution in [1.82, 2.24) is 29.5 Å². The molecule has 7 heteroatoms. The zero-order valence-corrected chi connectivity index (χ0v) is 19.6. The molecule has 1 N–H and O–H groups in total. The Balaban J connectivity index is 1.57. The summed E-state index contributed by atoms with van der Waals surface area (Å²) in [6, 6.07) is 7.15. The molecule has 0 saturated heterocycles. The van der Waals surface area contributed by atoms with E-state index < -0.39 is 0 Å². The zero-order valence-electron chi connectivity index (χ0n) is 19.6. The van der Waals surface area contributed by atoms with Crippen LogP contribution in [0, 0.1) is 0 Å². The molecule has 0 aromatic carbocycles. The molecule has 0 spiro atoms. The van der Waals surface area contributed by atoms with Crippen LogP contribution in [0.1, 0.15) is 62.6 Å². The zero-order chi connectivity index (χ0) is 22.4. The van der Waals surface area contributed by atoms with Crippen molar-refractivity contribution in [3.63, 3.8) is 0 Å². The average Bonchev–Trinajstić information content (AvgIpc) is 3.42. The van der Waals surface area contributed by atoms with Gasteiger partial charge in [-0.3, -0.25) is 4.98 Å². The lowest BCUT2D eigenvalue weighted by Gasteiger charge is -2.32. The van der Waals surface area contributed by atoms with E-state index in [1.807, 2.05) is 12.3 Å². The Morgan fingerprint density at radius 1 is 1.16 bits per heavy atom. The Morgan fingerprint density at radius 2 is 1.94 bits per heavy atom. The van der Waals surface area contributed by atoms with E-state index in [-0.39, 0.29) is 0 Å². The molecule has 0 aliphatic heterocycles. The largest absolute Gasteiger partial charge is 0.493 e. The molecule has 4 aromatic rings. The van der Waals surface area contributed by atoms with E-state index in [1.54, 1.807) is 18.0 Å². The number of methoxy groups -OCH3 is 1. The molecule has 1 aliphatic carbocycles. The fourth-order valence-electron chi connectivity index (χ4n) is 5.19. The molecular formula is C25H32N6O. The van der Waals surface area contributed by atoms with Crippen LogP contribution in [0.25, 0.3) is 27.9 Å². The van der Waals surface area contributed by atoms with Gasteiger partial charge in [-0.15, -0.1) is 0 Å². The van der Waals surface area contributed by atoms with E-state index in [1.165, 1.54) is 36.9 Å². The van der Waals surface area contributed by atoms with Gasteiger partial charge in [-0.05, 0) is 63.9 Å². The number of aromatic amines is 1. The van der Waals surface area contributed by atoms with Crippen LogP contribution in [-0.4, -0.2) is 56.7 Å². The summed E-state index contributed by atoms with van der Waals surface area (Å²) in [5, 5.41) is 4.33. The van der Waals surface area contributed by atoms with Crippen LogP contribution in [0.2, 0.25) is 0 Å². The summed E-state index contributed by atoms with van der Waals surface area (Å²) in [4.78, 5) is 15.5. The Kier molecular flexibility index (Phi) is 5.37. The summed E-state index contributed by atoms with van der Waals surface area (Å²) in [5.41, 5.74) is 7.44. The lowest BCUT2D eigenvalue weighted by molar-refractivity contribution is 0.215. The number of pyridine rings is 2. The summed E-state index contributed by atoms with van der Waals surface area (Å²) in [6.45, 7) is 4.46. The summed E-state index contributed by atoms with van der Waals surface area (Å²) in [5.74, 6) is 1.57. The van der Waals surface area contributed by atoms with E-state index in [0.717, 1.165) is 22.3 Å². The number of fused-ring (bicyclic) bond motifs is 2. The van der Waals surface area contributed by atoms with Crippen molar-refractivity contribution in [3.8, 4) is 17.0 Å². The van der Waals surface area contributed by atoms with E-state index in [2.05, 4.69) is 60.0 Å². The van der Waals surface area contributed by atoms with Gasteiger partial charge in [0.05, 0.1) is 23.8 Å². The number of H-pyrrole nitrogens is 1. The molecule has 4 heterocycles. The lowest BCUT2D eigenvalue weighted by atomic mass is 9.83. The van der Waals surface area contributed by atoms with Gasteiger partial charge in [0.1, 0.15) is 6.33 Å². The van der Waals surface area contributed by atoms with Gasteiger partial charge in [0.2, 0.25) is 0 Å². The first-order valence-corrected chi connectivity index (χ1v) is 11.5. The minimum Gasteiger partial charge on any atom is -0.493 e. The first-order valence-electron chi connectivity index (χ1n) is 11.5. The molecule has 32 heavy (non-hydrogen) atoms. The smallest absolute Gasteiger partial charge is 0.197 e.